The van der Waals surface area contributed by atoms with Crippen molar-refractivity contribution in [3.63, 3.8) is 0 Å². The van der Waals surface area contributed by atoms with Crippen LogP contribution < -0.4 is 14.8 Å². The van der Waals surface area contributed by atoms with Gasteiger partial charge in [-0.3, -0.25) is 14.5 Å². The van der Waals surface area contributed by atoms with Crippen molar-refractivity contribution in [1.29, 1.82) is 0 Å². The van der Waals surface area contributed by atoms with E-state index in [1.54, 1.807) is 36.4 Å². The van der Waals surface area contributed by atoms with Gasteiger partial charge in [0, 0.05) is 22.7 Å². The number of fused-ring (bicyclic) bond motifs is 1. The SMILES string of the molecule is COc1ccc2c(c1OC)C(=O)OC2N1C(=O)CCC1C(=O)Nc1cccc(Cl)c1. The van der Waals surface area contributed by atoms with Gasteiger partial charge in [0.2, 0.25) is 18.0 Å². The number of halogens is 1. The maximum atomic E-state index is 12.9. The molecule has 1 N–H and O–H groups in total. The molecule has 0 radical (unpaired) electrons. The van der Waals surface area contributed by atoms with Crippen molar-refractivity contribution < 1.29 is 28.6 Å². The van der Waals surface area contributed by atoms with Gasteiger partial charge in [-0.2, -0.15) is 0 Å². The van der Waals surface area contributed by atoms with Crippen molar-refractivity contribution >= 4 is 35.1 Å². The molecule has 0 aliphatic carbocycles. The Morgan fingerprint density at radius 2 is 2.00 bits per heavy atom. The van der Waals surface area contributed by atoms with Crippen molar-refractivity contribution in [3.8, 4) is 11.5 Å². The van der Waals surface area contributed by atoms with E-state index in [-0.39, 0.29) is 29.5 Å². The highest BCUT2D eigenvalue weighted by atomic mass is 35.5. The number of benzene rings is 2. The molecule has 1 fully saturated rings. The van der Waals surface area contributed by atoms with Crippen LogP contribution in [-0.2, 0) is 14.3 Å². The summed E-state index contributed by atoms with van der Waals surface area (Å²) in [5.74, 6) is -0.694. The number of rotatable bonds is 5. The van der Waals surface area contributed by atoms with Gasteiger partial charge in [0.15, 0.2) is 11.5 Å². The highest BCUT2D eigenvalue weighted by Crippen LogP contribution is 2.45. The molecule has 1 saturated heterocycles. The first-order valence-electron chi connectivity index (χ1n) is 9.28. The van der Waals surface area contributed by atoms with E-state index in [0.717, 1.165) is 0 Å². The predicted molar refractivity (Wildman–Crippen MR) is 108 cm³/mol. The lowest BCUT2D eigenvalue weighted by Gasteiger charge is -2.29. The van der Waals surface area contributed by atoms with Crippen molar-refractivity contribution in [1.82, 2.24) is 4.90 Å². The number of amides is 2. The molecule has 2 aromatic carbocycles. The Bertz CT molecular complexity index is 1040. The summed E-state index contributed by atoms with van der Waals surface area (Å²) >= 11 is 5.97. The summed E-state index contributed by atoms with van der Waals surface area (Å²) in [6.45, 7) is 0. The average Bonchev–Trinajstić information content (AvgIpc) is 3.27. The minimum absolute atomic E-state index is 0.171. The van der Waals surface area contributed by atoms with Gasteiger partial charge in [-0.25, -0.2) is 4.79 Å². The number of hydrogen-bond donors (Lipinski definition) is 1. The summed E-state index contributed by atoms with van der Waals surface area (Å²) < 4.78 is 16.1. The minimum Gasteiger partial charge on any atom is -0.493 e. The molecule has 30 heavy (non-hydrogen) atoms. The number of methoxy groups -OCH3 is 2. The second-order valence-corrected chi connectivity index (χ2v) is 7.31. The predicted octanol–water partition coefficient (Wildman–Crippen LogP) is 3.16. The number of carbonyl (C=O) groups is 3. The van der Waals surface area contributed by atoms with Crippen LogP contribution in [0, 0.1) is 0 Å². The quantitative estimate of drug-likeness (QED) is 0.732. The molecule has 2 unspecified atom stereocenters. The maximum absolute atomic E-state index is 12.9. The molecule has 9 heteroatoms. The first-order chi connectivity index (χ1) is 14.4. The Morgan fingerprint density at radius 3 is 2.70 bits per heavy atom. The Balaban J connectivity index is 1.65. The molecule has 2 aliphatic heterocycles. The summed E-state index contributed by atoms with van der Waals surface area (Å²) in [7, 11) is 2.88. The smallest absolute Gasteiger partial charge is 0.344 e. The van der Waals surface area contributed by atoms with Crippen LogP contribution in [0.25, 0.3) is 0 Å². The summed E-state index contributed by atoms with van der Waals surface area (Å²) in [4.78, 5) is 39.5. The molecule has 4 rings (SSSR count). The lowest BCUT2D eigenvalue weighted by molar-refractivity contribution is -0.144. The highest BCUT2D eigenvalue weighted by Gasteiger charge is 2.47. The first kappa shape index (κ1) is 20.0. The Labute approximate surface area is 177 Å². The normalized spacial score (nSPS) is 20.0. The number of esters is 1. The van der Waals surface area contributed by atoms with Crippen molar-refractivity contribution in [2.24, 2.45) is 0 Å². The highest BCUT2D eigenvalue weighted by molar-refractivity contribution is 6.30. The van der Waals surface area contributed by atoms with Gasteiger partial charge in [0.05, 0.1) is 14.2 Å². The third-order valence-corrected chi connectivity index (χ3v) is 5.40. The lowest BCUT2D eigenvalue weighted by atomic mass is 10.1. The van der Waals surface area contributed by atoms with E-state index >= 15 is 0 Å². The van der Waals surface area contributed by atoms with Gasteiger partial charge < -0.3 is 19.5 Å². The van der Waals surface area contributed by atoms with Crippen LogP contribution >= 0.6 is 11.6 Å². The molecule has 8 nitrogen and oxygen atoms in total. The van der Waals surface area contributed by atoms with Gasteiger partial charge in [-0.05, 0) is 36.8 Å². The number of nitrogens with one attached hydrogen (secondary N) is 1. The van der Waals surface area contributed by atoms with Crippen LogP contribution in [0.4, 0.5) is 5.69 Å². The second kappa shape index (κ2) is 7.87. The Hall–Kier alpha value is -3.26. The van der Waals surface area contributed by atoms with E-state index < -0.39 is 18.2 Å². The van der Waals surface area contributed by atoms with Crippen LogP contribution in [0.15, 0.2) is 36.4 Å². The molecule has 2 amide bonds. The molecule has 2 aliphatic rings. The Morgan fingerprint density at radius 1 is 1.20 bits per heavy atom. The maximum Gasteiger partial charge on any atom is 0.344 e. The molecule has 156 valence electrons. The monoisotopic (exact) mass is 430 g/mol. The number of cyclic esters (lactones) is 1. The fraction of sp³-hybridized carbons (Fsp3) is 0.286. The Kier molecular flexibility index (Phi) is 5.26. The summed E-state index contributed by atoms with van der Waals surface area (Å²) in [5, 5.41) is 3.25. The lowest BCUT2D eigenvalue weighted by Crippen LogP contribution is -2.43. The topological polar surface area (TPSA) is 94.2 Å². The van der Waals surface area contributed by atoms with E-state index in [1.165, 1.54) is 19.1 Å². The van der Waals surface area contributed by atoms with Crippen LogP contribution in [0.2, 0.25) is 5.02 Å². The fourth-order valence-electron chi connectivity index (χ4n) is 3.83. The van der Waals surface area contributed by atoms with Gasteiger partial charge in [0.1, 0.15) is 11.6 Å². The van der Waals surface area contributed by atoms with Gasteiger partial charge in [-0.15, -0.1) is 0 Å². The molecule has 0 spiro atoms. The number of ether oxygens (including phenoxy) is 3. The fourth-order valence-corrected chi connectivity index (χ4v) is 4.02. The van der Waals surface area contributed by atoms with Crippen LogP contribution in [0.3, 0.4) is 0 Å². The zero-order valence-corrected chi connectivity index (χ0v) is 17.1. The molecular formula is C21H19ClN2O6. The number of carbonyl (C=O) groups excluding carboxylic acids is 3. The number of anilines is 1. The summed E-state index contributed by atoms with van der Waals surface area (Å²) in [5.41, 5.74) is 1.16. The molecule has 0 saturated carbocycles. The molecule has 0 bridgehead atoms. The van der Waals surface area contributed by atoms with E-state index in [9.17, 15) is 14.4 Å². The third kappa shape index (κ3) is 3.33. The van der Waals surface area contributed by atoms with Gasteiger partial charge >= 0.3 is 5.97 Å². The zero-order chi connectivity index (χ0) is 21.4. The largest absolute Gasteiger partial charge is 0.493 e. The van der Waals surface area contributed by atoms with Crippen LogP contribution in [0.1, 0.15) is 35.0 Å². The molecule has 2 aromatic rings. The van der Waals surface area contributed by atoms with Gasteiger partial charge in [0.25, 0.3) is 0 Å². The molecule has 0 aromatic heterocycles. The standard InChI is InChI=1S/C21H19ClN2O6/c1-28-15-8-6-13-17(18(15)29-2)21(27)30-20(13)24-14(7-9-16(24)25)19(26)23-12-5-3-4-11(22)10-12/h3-6,8,10,14,20H,7,9H2,1-2H3,(H,23,26). The third-order valence-electron chi connectivity index (χ3n) is 5.17. The number of nitrogens with zero attached hydrogens (tertiary/aromatic N) is 1. The number of likely N-dealkylation sites (tertiary alicyclic amines) is 1. The molecular weight excluding hydrogens is 412 g/mol. The van der Waals surface area contributed by atoms with Crippen molar-refractivity contribution in [2.75, 3.05) is 19.5 Å². The second-order valence-electron chi connectivity index (χ2n) is 6.88. The van der Waals surface area contributed by atoms with E-state index in [1.807, 2.05) is 0 Å². The van der Waals surface area contributed by atoms with Crippen molar-refractivity contribution in [2.45, 2.75) is 25.1 Å². The zero-order valence-electron chi connectivity index (χ0n) is 16.3. The molecule has 2 heterocycles. The average molecular weight is 431 g/mol. The number of hydrogen-bond acceptors (Lipinski definition) is 6. The van der Waals surface area contributed by atoms with Crippen molar-refractivity contribution in [3.05, 3.63) is 52.5 Å². The first-order valence-corrected chi connectivity index (χ1v) is 9.66. The van der Waals surface area contributed by atoms with E-state index in [4.69, 9.17) is 25.8 Å². The summed E-state index contributed by atoms with van der Waals surface area (Å²) in [6, 6.07) is 9.20. The van der Waals surface area contributed by atoms with E-state index in [0.29, 0.717) is 28.4 Å². The minimum atomic E-state index is -1.02. The molecule has 2 atom stereocenters. The van der Waals surface area contributed by atoms with Crippen LogP contribution in [0.5, 0.6) is 11.5 Å². The van der Waals surface area contributed by atoms with Gasteiger partial charge in [-0.1, -0.05) is 17.7 Å². The van der Waals surface area contributed by atoms with E-state index in [2.05, 4.69) is 5.32 Å². The van der Waals surface area contributed by atoms with Crippen LogP contribution in [-0.4, -0.2) is 42.9 Å². The summed E-state index contributed by atoms with van der Waals surface area (Å²) in [6.07, 6.45) is -0.538.